The number of allylic oxidation sites excluding steroid dienone is 2. The Bertz CT molecular complexity index is 134. The minimum absolute atomic E-state index is 0.173. The van der Waals surface area contributed by atoms with Crippen LogP contribution < -0.4 is 11.5 Å². The van der Waals surface area contributed by atoms with Crippen molar-refractivity contribution in [2.45, 2.75) is 0 Å². The molecule has 5 N–H and O–H groups in total. The van der Waals surface area contributed by atoms with E-state index in [2.05, 4.69) is 4.74 Å². The van der Waals surface area contributed by atoms with E-state index in [9.17, 15) is 0 Å². The molecule has 0 heterocycles. The van der Waals surface area contributed by atoms with Crippen molar-refractivity contribution in [2.75, 3.05) is 13.7 Å². The third-order valence-corrected chi connectivity index (χ3v) is 0.880. The van der Waals surface area contributed by atoms with Crippen molar-refractivity contribution in [1.29, 1.82) is 0 Å². The third-order valence-electron chi connectivity index (χ3n) is 0.880. The highest BCUT2D eigenvalue weighted by Crippen LogP contribution is 1.87. The van der Waals surface area contributed by atoms with Gasteiger partial charge in [0.25, 0.3) is 0 Å². The van der Waals surface area contributed by atoms with E-state index in [-0.39, 0.29) is 12.5 Å². The van der Waals surface area contributed by atoms with E-state index in [4.69, 9.17) is 16.6 Å². The highest BCUT2D eigenvalue weighted by atomic mass is 16.5. The maximum atomic E-state index is 8.42. The maximum absolute atomic E-state index is 8.42. The first-order valence-corrected chi connectivity index (χ1v) is 2.77. The predicted octanol–water partition coefficient (Wildman–Crippen LogP) is -0.732. The molecule has 58 valence electrons. The largest absolute Gasteiger partial charge is 0.483 e. The van der Waals surface area contributed by atoms with Gasteiger partial charge in [-0.15, -0.1) is 0 Å². The van der Waals surface area contributed by atoms with E-state index in [1.807, 2.05) is 0 Å². The summed E-state index contributed by atoms with van der Waals surface area (Å²) < 4.78 is 4.60. The molecule has 0 amide bonds. The van der Waals surface area contributed by atoms with Crippen molar-refractivity contribution in [1.82, 2.24) is 0 Å². The van der Waals surface area contributed by atoms with Crippen LogP contribution >= 0.6 is 0 Å². The van der Waals surface area contributed by atoms with Gasteiger partial charge in [-0.25, -0.2) is 0 Å². The average molecular weight is 144 g/mol. The standard InChI is InChI=1S/C6H12N2O2/c1-10-6(8)3-2-5(7)4-9/h2-3,9H,4,7-8H2,1H3/b5-2-,6-3+. The molecule has 4 heteroatoms. The Hall–Kier alpha value is -1.16. The van der Waals surface area contributed by atoms with Crippen LogP contribution in [0.1, 0.15) is 0 Å². The summed E-state index contributed by atoms with van der Waals surface area (Å²) in [5.74, 6) is 0.261. The first-order chi connectivity index (χ1) is 4.70. The molecule has 0 aliphatic heterocycles. The van der Waals surface area contributed by atoms with Gasteiger partial charge in [0, 0.05) is 5.70 Å². The van der Waals surface area contributed by atoms with Gasteiger partial charge < -0.3 is 21.3 Å². The molecular formula is C6H12N2O2. The van der Waals surface area contributed by atoms with Gasteiger partial charge in [-0.2, -0.15) is 0 Å². The fraction of sp³-hybridized carbons (Fsp3) is 0.333. The van der Waals surface area contributed by atoms with E-state index < -0.39 is 0 Å². The smallest absolute Gasteiger partial charge is 0.183 e. The van der Waals surface area contributed by atoms with Gasteiger partial charge in [-0.3, -0.25) is 0 Å². The van der Waals surface area contributed by atoms with Gasteiger partial charge >= 0.3 is 0 Å². The van der Waals surface area contributed by atoms with Crippen LogP contribution in [-0.2, 0) is 4.74 Å². The molecule has 0 saturated heterocycles. The molecule has 0 aliphatic carbocycles. The van der Waals surface area contributed by atoms with E-state index in [0.29, 0.717) is 5.70 Å². The molecule has 0 spiro atoms. The summed E-state index contributed by atoms with van der Waals surface area (Å²) in [5, 5.41) is 8.42. The molecular weight excluding hydrogens is 132 g/mol. The molecule has 0 fully saturated rings. The fourth-order valence-electron chi connectivity index (χ4n) is 0.310. The number of aliphatic hydroxyl groups is 1. The van der Waals surface area contributed by atoms with Crippen molar-refractivity contribution >= 4 is 0 Å². The molecule has 0 unspecified atom stereocenters. The van der Waals surface area contributed by atoms with Gasteiger partial charge in [0.1, 0.15) is 0 Å². The second-order valence-electron chi connectivity index (χ2n) is 1.67. The van der Waals surface area contributed by atoms with Crippen LogP contribution in [0.2, 0.25) is 0 Å². The minimum Gasteiger partial charge on any atom is -0.483 e. The van der Waals surface area contributed by atoms with Crippen LogP contribution in [-0.4, -0.2) is 18.8 Å². The van der Waals surface area contributed by atoms with Crippen molar-refractivity contribution in [3.63, 3.8) is 0 Å². The van der Waals surface area contributed by atoms with E-state index in [1.165, 1.54) is 19.3 Å². The molecule has 0 aliphatic rings. The Morgan fingerprint density at radius 3 is 2.50 bits per heavy atom. The molecule has 0 radical (unpaired) electrons. The Labute approximate surface area is 59.8 Å². The van der Waals surface area contributed by atoms with Crippen molar-refractivity contribution in [3.8, 4) is 0 Å². The number of aliphatic hydroxyl groups excluding tert-OH is 1. The second kappa shape index (κ2) is 4.69. The molecule has 0 atom stereocenters. The normalized spacial score (nSPS) is 13.4. The highest BCUT2D eigenvalue weighted by molar-refractivity contribution is 5.11. The monoisotopic (exact) mass is 144 g/mol. The predicted molar refractivity (Wildman–Crippen MR) is 38.6 cm³/mol. The quantitative estimate of drug-likeness (QED) is 0.360. The number of hydrogen-bond donors (Lipinski definition) is 3. The van der Waals surface area contributed by atoms with Crippen LogP contribution in [0, 0.1) is 0 Å². The zero-order valence-electron chi connectivity index (χ0n) is 5.87. The lowest BCUT2D eigenvalue weighted by Gasteiger charge is -1.95. The molecule has 10 heavy (non-hydrogen) atoms. The third kappa shape index (κ3) is 3.80. The van der Waals surface area contributed by atoms with Gasteiger partial charge in [-0.1, -0.05) is 0 Å². The number of methoxy groups -OCH3 is 1. The Morgan fingerprint density at radius 1 is 1.50 bits per heavy atom. The molecule has 0 aromatic heterocycles. The van der Waals surface area contributed by atoms with Crippen LogP contribution in [0.3, 0.4) is 0 Å². The summed E-state index contributed by atoms with van der Waals surface area (Å²) in [4.78, 5) is 0. The summed E-state index contributed by atoms with van der Waals surface area (Å²) >= 11 is 0. The first kappa shape index (κ1) is 8.84. The zero-order chi connectivity index (χ0) is 7.98. The van der Waals surface area contributed by atoms with Crippen LogP contribution in [0.4, 0.5) is 0 Å². The summed E-state index contributed by atoms with van der Waals surface area (Å²) in [7, 11) is 1.45. The molecule has 4 nitrogen and oxygen atoms in total. The van der Waals surface area contributed by atoms with Gasteiger partial charge in [0.2, 0.25) is 0 Å². The Balaban J connectivity index is 3.91. The van der Waals surface area contributed by atoms with Gasteiger partial charge in [-0.05, 0) is 12.2 Å². The SMILES string of the molecule is CO/C(N)=C/C=C(\N)CO. The topological polar surface area (TPSA) is 81.5 Å². The molecule has 0 rings (SSSR count). The van der Waals surface area contributed by atoms with Crippen LogP contribution in [0.15, 0.2) is 23.7 Å². The molecule has 0 aromatic carbocycles. The minimum atomic E-state index is -0.173. The fourth-order valence-corrected chi connectivity index (χ4v) is 0.310. The summed E-state index contributed by atoms with van der Waals surface area (Å²) in [6, 6.07) is 0. The lowest BCUT2D eigenvalue weighted by molar-refractivity contribution is 0.287. The zero-order valence-corrected chi connectivity index (χ0v) is 5.87. The van der Waals surface area contributed by atoms with Crippen molar-refractivity contribution < 1.29 is 9.84 Å². The number of ether oxygens (including phenoxy) is 1. The number of rotatable bonds is 3. The van der Waals surface area contributed by atoms with Gasteiger partial charge in [0.15, 0.2) is 5.88 Å². The Morgan fingerprint density at radius 2 is 2.10 bits per heavy atom. The van der Waals surface area contributed by atoms with E-state index in [1.54, 1.807) is 0 Å². The Kier molecular flexibility index (Phi) is 4.15. The number of nitrogens with two attached hydrogens (primary N) is 2. The molecule has 0 aromatic rings. The van der Waals surface area contributed by atoms with Crippen molar-refractivity contribution in [3.05, 3.63) is 23.7 Å². The van der Waals surface area contributed by atoms with E-state index >= 15 is 0 Å². The molecule has 0 saturated carbocycles. The lowest BCUT2D eigenvalue weighted by atomic mass is 10.4. The first-order valence-electron chi connectivity index (χ1n) is 2.77. The molecule has 0 bridgehead atoms. The average Bonchev–Trinajstić information content (AvgIpc) is 1.99. The second-order valence-corrected chi connectivity index (χ2v) is 1.67. The number of hydrogen-bond acceptors (Lipinski definition) is 4. The highest BCUT2D eigenvalue weighted by Gasteiger charge is 1.83. The van der Waals surface area contributed by atoms with E-state index in [0.717, 1.165) is 0 Å². The van der Waals surface area contributed by atoms with Crippen LogP contribution in [0.25, 0.3) is 0 Å². The van der Waals surface area contributed by atoms with Crippen LogP contribution in [0.5, 0.6) is 0 Å². The lowest BCUT2D eigenvalue weighted by Crippen LogP contribution is -2.02. The summed E-state index contributed by atoms with van der Waals surface area (Å²) in [6.45, 7) is -0.173. The summed E-state index contributed by atoms with van der Waals surface area (Å²) in [6.07, 6.45) is 2.96. The summed E-state index contributed by atoms with van der Waals surface area (Å²) in [5.41, 5.74) is 10.8. The van der Waals surface area contributed by atoms with Gasteiger partial charge in [0.05, 0.1) is 13.7 Å². The van der Waals surface area contributed by atoms with Crippen molar-refractivity contribution in [2.24, 2.45) is 11.5 Å². The maximum Gasteiger partial charge on any atom is 0.183 e.